The summed E-state index contributed by atoms with van der Waals surface area (Å²) in [5.74, 6) is 0. The third-order valence-electron chi connectivity index (χ3n) is 10.2. The first-order chi connectivity index (χ1) is 37.1. The summed E-state index contributed by atoms with van der Waals surface area (Å²) in [7, 11) is 0. The average molecular weight is 747 g/mol. The van der Waals surface area contributed by atoms with Gasteiger partial charge < -0.3 is 13.7 Å². The topological polar surface area (TPSA) is 14.8 Å². The molecule has 0 aliphatic carbocycles. The van der Waals surface area contributed by atoms with E-state index in [-0.39, 0.29) is 55.0 Å². The van der Waals surface area contributed by atoms with Crippen LogP contribution < -0.4 is 0 Å². The van der Waals surface area contributed by atoms with Gasteiger partial charge in [-0.05, 0) is 94.9 Å². The van der Waals surface area contributed by atoms with Crippen molar-refractivity contribution in [2.75, 3.05) is 0 Å². The van der Waals surface area contributed by atoms with Crippen molar-refractivity contribution in [2.24, 2.45) is 0 Å². The van der Waals surface area contributed by atoms with E-state index in [4.69, 9.17) is 11.0 Å². The number of aromatic nitrogens is 3. The maximum atomic E-state index is 10.1. The molecule has 0 atom stereocenters. The van der Waals surface area contributed by atoms with Gasteiger partial charge in [0.05, 0.1) is 67.6 Å². The van der Waals surface area contributed by atoms with Crippen LogP contribution in [0.4, 0.5) is 0 Å². The van der Waals surface area contributed by atoms with Gasteiger partial charge in [0.1, 0.15) is 0 Å². The highest BCUT2D eigenvalue weighted by Gasteiger charge is 2.20. The van der Waals surface area contributed by atoms with E-state index in [0.717, 1.165) is 15.7 Å². The second-order valence-corrected chi connectivity index (χ2v) is 13.3. The predicted molar refractivity (Wildman–Crippen MR) is 240 cm³/mol. The molecule has 57 heavy (non-hydrogen) atoms. The Labute approximate surface area is 359 Å². The minimum atomic E-state index is -0.869. The lowest BCUT2D eigenvalue weighted by molar-refractivity contribution is 1.17. The lowest BCUT2D eigenvalue weighted by Crippen LogP contribution is -1.96. The molecule has 0 saturated heterocycles. The summed E-state index contributed by atoms with van der Waals surface area (Å²) >= 11 is 0. The molecule has 0 aliphatic rings. The van der Waals surface area contributed by atoms with E-state index in [9.17, 15) is 17.8 Å². The van der Waals surface area contributed by atoms with Crippen molar-refractivity contribution in [3.8, 4) is 39.3 Å². The highest BCUT2D eigenvalue weighted by molar-refractivity contribution is 6.17. The first-order valence-electron chi connectivity index (χ1n) is 28.4. The Balaban J connectivity index is 1.27. The van der Waals surface area contributed by atoms with Crippen LogP contribution in [0.3, 0.4) is 0 Å². The second-order valence-electron chi connectivity index (χ2n) is 13.3. The zero-order valence-corrected chi connectivity index (χ0v) is 29.4. The summed E-state index contributed by atoms with van der Waals surface area (Å²) in [6.45, 7) is 0. The SMILES string of the molecule is [2H]c1c([2H])c([2H])c2c(c1[2H])c1c([2H])c([2H])c(-c3c([2H])c([2H])c4c(c3[2H])c3c([2H])c([2H])c([2H])c([2H])c3n4-c3c([2H])c([2H])c([2H])c4c3c3c([2H])c([2H])c([2H])c([2H])c3n4-c3ccccc3)c([2H])c1n2-c1ccc(-c2ccccc2)cc1. The Morgan fingerprint density at radius 2 is 0.807 bits per heavy atom. The molecule has 0 N–H and O–H groups in total. The minimum absolute atomic E-state index is 0.140. The van der Waals surface area contributed by atoms with Gasteiger partial charge in [0, 0.05) is 43.7 Å². The van der Waals surface area contributed by atoms with Crippen LogP contribution in [0.2, 0.25) is 0 Å². The lowest BCUT2D eigenvalue weighted by atomic mass is 10.0. The Hall–Kier alpha value is -7.62. The second kappa shape index (κ2) is 12.5. The molecule has 0 bridgehead atoms. The van der Waals surface area contributed by atoms with Gasteiger partial charge >= 0.3 is 0 Å². The van der Waals surface area contributed by atoms with Gasteiger partial charge in [0.15, 0.2) is 0 Å². The Morgan fingerprint density at radius 1 is 0.298 bits per heavy atom. The van der Waals surface area contributed by atoms with Crippen LogP contribution in [0.15, 0.2) is 212 Å². The van der Waals surface area contributed by atoms with Gasteiger partial charge in [-0.3, -0.25) is 0 Å². The van der Waals surface area contributed by atoms with Crippen LogP contribution >= 0.6 is 0 Å². The Bertz CT molecular complexity index is 4720. The maximum absolute atomic E-state index is 10.1. The first kappa shape index (κ1) is 17.5. The van der Waals surface area contributed by atoms with Gasteiger partial charge in [-0.15, -0.1) is 0 Å². The summed E-state index contributed by atoms with van der Waals surface area (Å²) in [6, 6.07) is 9.51. The molecule has 0 amide bonds. The van der Waals surface area contributed by atoms with Gasteiger partial charge in [0.2, 0.25) is 0 Å². The summed E-state index contributed by atoms with van der Waals surface area (Å²) in [4.78, 5) is 0. The van der Waals surface area contributed by atoms with Gasteiger partial charge in [-0.1, -0.05) is 139 Å². The number of hydrogen-bond acceptors (Lipinski definition) is 0. The van der Waals surface area contributed by atoms with Crippen LogP contribution in [0.5, 0.6) is 0 Å². The van der Waals surface area contributed by atoms with Crippen molar-refractivity contribution in [1.82, 2.24) is 13.7 Å². The van der Waals surface area contributed by atoms with E-state index >= 15 is 0 Å². The normalized spacial score (nSPS) is 17.0. The lowest BCUT2D eigenvalue weighted by Gasteiger charge is -2.12. The molecule has 0 spiro atoms. The third-order valence-corrected chi connectivity index (χ3v) is 10.2. The monoisotopic (exact) mass is 746 g/mol. The number of para-hydroxylation sites is 4. The summed E-state index contributed by atoms with van der Waals surface area (Å²) in [6.07, 6.45) is 0. The van der Waals surface area contributed by atoms with E-state index in [0.29, 0.717) is 0 Å². The van der Waals surface area contributed by atoms with E-state index < -0.39 is 166 Å². The summed E-state index contributed by atoms with van der Waals surface area (Å²) in [5.41, 5.74) is -1.24. The van der Waals surface area contributed by atoms with Crippen molar-refractivity contribution < 1.29 is 28.8 Å². The van der Waals surface area contributed by atoms with Gasteiger partial charge in [-0.2, -0.15) is 0 Å². The molecule has 0 unspecified atom stereocenters. The molecule has 3 nitrogen and oxygen atoms in total. The molecule has 3 aromatic heterocycles. The highest BCUT2D eigenvalue weighted by Crippen LogP contribution is 2.42. The average Bonchev–Trinajstić information content (AvgIpc) is 3.81. The van der Waals surface area contributed by atoms with Crippen molar-refractivity contribution in [3.63, 3.8) is 0 Å². The molecule has 0 saturated carbocycles. The number of nitrogens with zero attached hydrogens (tertiary/aromatic N) is 3. The minimum Gasteiger partial charge on any atom is -0.309 e. The van der Waals surface area contributed by atoms with Crippen LogP contribution in [0.25, 0.3) is 105 Å². The molecule has 0 fully saturated rings. The smallest absolute Gasteiger partial charge is 0.0652 e. The number of hydrogen-bond donors (Lipinski definition) is 0. The van der Waals surface area contributed by atoms with E-state index in [2.05, 4.69) is 0 Å². The van der Waals surface area contributed by atoms with Crippen LogP contribution in [0, 0.1) is 0 Å². The zero-order chi connectivity index (χ0) is 55.7. The predicted octanol–water partition coefficient (Wildman–Crippen LogP) is 14.3. The van der Waals surface area contributed by atoms with Crippen LogP contribution in [-0.4, -0.2) is 13.7 Å². The standard InChI is InChI=1S/C54H35N3/c1-3-14-36(15-4-1)37-26-30-41(31-27-37)56-47-21-10-7-18-42(47)44-32-28-39(35-53(44)56)38-29-33-50-46(34-38)43-19-8-11-22-48(43)57(50)52-25-13-24-51-54(52)45-20-9-12-23-49(45)55(51)40-16-5-2-6-17-40/h1-35H/i7D,8D,9D,10D,11D,12D,13D,18D,19D,20D,21D,22D,23D,24D,25D,28D,29D,32D,33D,34D,35D. The van der Waals surface area contributed by atoms with Gasteiger partial charge in [-0.25, -0.2) is 0 Å². The molecule has 3 heterocycles. The van der Waals surface area contributed by atoms with Crippen molar-refractivity contribution in [2.45, 2.75) is 0 Å². The van der Waals surface area contributed by atoms with Gasteiger partial charge in [0.25, 0.3) is 0 Å². The number of benzene rings is 9. The van der Waals surface area contributed by atoms with E-state index in [1.54, 1.807) is 54.6 Å². The quantitative estimate of drug-likeness (QED) is 0.167. The third kappa shape index (κ3) is 4.79. The fraction of sp³-hybridized carbons (Fsp3) is 0. The first-order valence-corrected chi connectivity index (χ1v) is 17.9. The molecule has 266 valence electrons. The fourth-order valence-electron chi connectivity index (χ4n) is 7.75. The summed E-state index contributed by atoms with van der Waals surface area (Å²) < 4.78 is 199. The molecule has 12 aromatic rings. The Kier molecular flexibility index (Phi) is 3.81. The fourth-order valence-corrected chi connectivity index (χ4v) is 7.75. The molecule has 9 aromatic carbocycles. The summed E-state index contributed by atoms with van der Waals surface area (Å²) in [5, 5.41) is -1.82. The number of fused-ring (bicyclic) bond motifs is 9. The van der Waals surface area contributed by atoms with Crippen LogP contribution in [0.1, 0.15) is 28.8 Å². The highest BCUT2D eigenvalue weighted by atomic mass is 15.0. The van der Waals surface area contributed by atoms with Crippen molar-refractivity contribution >= 4 is 65.4 Å². The molecular formula is C54H35N3. The molecule has 0 radical (unpaired) electrons. The maximum Gasteiger partial charge on any atom is 0.0652 e. The molecule has 12 rings (SSSR count). The molecular weight excluding hydrogens is 691 g/mol. The Morgan fingerprint density at radius 3 is 1.56 bits per heavy atom. The van der Waals surface area contributed by atoms with Crippen molar-refractivity contribution in [1.29, 1.82) is 0 Å². The van der Waals surface area contributed by atoms with E-state index in [1.165, 1.54) is 9.13 Å². The van der Waals surface area contributed by atoms with E-state index in [1.807, 2.05) is 30.3 Å². The number of rotatable bonds is 5. The molecule has 0 aliphatic heterocycles. The molecule has 3 heteroatoms. The zero-order valence-electron chi connectivity index (χ0n) is 50.4. The van der Waals surface area contributed by atoms with Crippen molar-refractivity contribution in [3.05, 3.63) is 212 Å². The largest absolute Gasteiger partial charge is 0.309 e. The van der Waals surface area contributed by atoms with Crippen LogP contribution in [-0.2, 0) is 0 Å².